The molecule has 0 heterocycles. The van der Waals surface area contributed by atoms with Crippen molar-refractivity contribution in [1.82, 2.24) is 0 Å². The molecular formula is C12H16F3NO. The van der Waals surface area contributed by atoms with Gasteiger partial charge in [0.2, 0.25) is 0 Å². The molecule has 0 bridgehead atoms. The van der Waals surface area contributed by atoms with Crippen LogP contribution < -0.4 is 5.32 Å². The molecule has 0 spiro atoms. The zero-order chi connectivity index (χ0) is 12.9. The van der Waals surface area contributed by atoms with Gasteiger partial charge in [-0.3, -0.25) is 0 Å². The molecule has 0 aliphatic heterocycles. The largest absolute Gasteiger partial charge is 0.408 e. The molecule has 0 aromatic heterocycles. The van der Waals surface area contributed by atoms with Crippen LogP contribution in [0.1, 0.15) is 18.4 Å². The highest BCUT2D eigenvalue weighted by Crippen LogP contribution is 2.26. The van der Waals surface area contributed by atoms with Crippen LogP contribution in [0.4, 0.5) is 18.9 Å². The number of aliphatic hydroxyl groups is 1. The van der Waals surface area contributed by atoms with Gasteiger partial charge in [-0.1, -0.05) is 17.7 Å². The van der Waals surface area contributed by atoms with Gasteiger partial charge in [-0.15, -0.1) is 0 Å². The molecule has 1 aromatic carbocycles. The summed E-state index contributed by atoms with van der Waals surface area (Å²) in [4.78, 5) is 0. The third-order valence-electron chi connectivity index (χ3n) is 2.44. The van der Waals surface area contributed by atoms with E-state index in [4.69, 9.17) is 5.11 Å². The van der Waals surface area contributed by atoms with E-state index in [2.05, 4.69) is 5.32 Å². The van der Waals surface area contributed by atoms with Crippen LogP contribution in [0, 0.1) is 6.92 Å². The lowest BCUT2D eigenvalue weighted by molar-refractivity contribution is -0.144. The second-order valence-corrected chi connectivity index (χ2v) is 3.97. The van der Waals surface area contributed by atoms with Crippen molar-refractivity contribution >= 4 is 5.69 Å². The van der Waals surface area contributed by atoms with Gasteiger partial charge < -0.3 is 10.4 Å². The highest BCUT2D eigenvalue weighted by Gasteiger charge is 2.38. The van der Waals surface area contributed by atoms with Gasteiger partial charge in [0, 0.05) is 12.3 Å². The normalized spacial score (nSPS) is 13.5. The summed E-state index contributed by atoms with van der Waals surface area (Å²) >= 11 is 0. The van der Waals surface area contributed by atoms with Crippen LogP contribution >= 0.6 is 0 Å². The Morgan fingerprint density at radius 2 is 1.82 bits per heavy atom. The van der Waals surface area contributed by atoms with Gasteiger partial charge in [0.05, 0.1) is 0 Å². The van der Waals surface area contributed by atoms with E-state index in [1.54, 1.807) is 24.3 Å². The topological polar surface area (TPSA) is 32.3 Å². The fourth-order valence-corrected chi connectivity index (χ4v) is 1.46. The molecule has 1 unspecified atom stereocenters. The minimum Gasteiger partial charge on any atom is -0.396 e. The number of nitrogens with one attached hydrogen (secondary N) is 1. The molecule has 0 aliphatic carbocycles. The smallest absolute Gasteiger partial charge is 0.396 e. The Labute approximate surface area is 98.5 Å². The molecule has 1 atom stereocenters. The molecule has 0 fully saturated rings. The van der Waals surface area contributed by atoms with Gasteiger partial charge in [-0.25, -0.2) is 0 Å². The Bertz CT molecular complexity index is 335. The van der Waals surface area contributed by atoms with Crippen LogP contribution in [-0.4, -0.2) is 23.9 Å². The molecule has 5 heteroatoms. The molecular weight excluding hydrogens is 231 g/mol. The molecule has 0 aliphatic rings. The van der Waals surface area contributed by atoms with Crippen molar-refractivity contribution in [3.63, 3.8) is 0 Å². The van der Waals surface area contributed by atoms with Crippen LogP contribution in [-0.2, 0) is 0 Å². The number of halogens is 3. The number of hydrogen-bond donors (Lipinski definition) is 2. The second-order valence-electron chi connectivity index (χ2n) is 3.97. The first kappa shape index (κ1) is 13.8. The predicted octanol–water partition coefficient (Wildman–Crippen LogP) is 3.11. The van der Waals surface area contributed by atoms with Crippen molar-refractivity contribution < 1.29 is 18.3 Å². The Morgan fingerprint density at radius 3 is 2.29 bits per heavy atom. The standard InChI is InChI=1S/C12H16F3NO/c1-9-4-6-10(7-5-9)16-11(3-2-8-17)12(13,14)15/h4-7,11,16-17H,2-3,8H2,1H3. The Morgan fingerprint density at radius 1 is 1.24 bits per heavy atom. The summed E-state index contributed by atoms with van der Waals surface area (Å²) in [6.07, 6.45) is -4.31. The number of alkyl halides is 3. The Hall–Kier alpha value is -1.23. The number of hydrogen-bond acceptors (Lipinski definition) is 2. The van der Waals surface area contributed by atoms with Crippen molar-refractivity contribution in [3.8, 4) is 0 Å². The first-order chi connectivity index (χ1) is 7.93. The van der Waals surface area contributed by atoms with Crippen molar-refractivity contribution in [2.75, 3.05) is 11.9 Å². The Kier molecular flexibility index (Phi) is 4.81. The number of aryl methyl sites for hydroxylation is 1. The zero-order valence-corrected chi connectivity index (χ0v) is 9.59. The van der Waals surface area contributed by atoms with E-state index >= 15 is 0 Å². The first-order valence-electron chi connectivity index (χ1n) is 5.44. The second kappa shape index (κ2) is 5.91. The quantitative estimate of drug-likeness (QED) is 0.838. The fourth-order valence-electron chi connectivity index (χ4n) is 1.46. The van der Waals surface area contributed by atoms with Crippen molar-refractivity contribution in [2.24, 2.45) is 0 Å². The number of anilines is 1. The summed E-state index contributed by atoms with van der Waals surface area (Å²) in [5.74, 6) is 0. The van der Waals surface area contributed by atoms with Gasteiger partial charge in [0.25, 0.3) is 0 Å². The minimum atomic E-state index is -4.31. The lowest BCUT2D eigenvalue weighted by Crippen LogP contribution is -2.36. The lowest BCUT2D eigenvalue weighted by Gasteiger charge is -2.22. The number of benzene rings is 1. The van der Waals surface area contributed by atoms with Crippen LogP contribution in [0.3, 0.4) is 0 Å². The molecule has 0 saturated carbocycles. The average Bonchev–Trinajstić information content (AvgIpc) is 2.25. The molecule has 96 valence electrons. The lowest BCUT2D eigenvalue weighted by atomic mass is 10.1. The molecule has 1 rings (SSSR count). The summed E-state index contributed by atoms with van der Waals surface area (Å²) in [6, 6.07) is 5.13. The zero-order valence-electron chi connectivity index (χ0n) is 9.59. The number of rotatable bonds is 5. The monoisotopic (exact) mass is 247 g/mol. The predicted molar refractivity (Wildman–Crippen MR) is 61.0 cm³/mol. The molecule has 0 saturated heterocycles. The maximum Gasteiger partial charge on any atom is 0.408 e. The van der Waals surface area contributed by atoms with Crippen LogP contribution in [0.25, 0.3) is 0 Å². The summed E-state index contributed by atoms with van der Waals surface area (Å²) in [5, 5.41) is 11.0. The van der Waals surface area contributed by atoms with Crippen LogP contribution in [0.2, 0.25) is 0 Å². The molecule has 2 nitrogen and oxygen atoms in total. The minimum absolute atomic E-state index is 0.128. The van der Waals surface area contributed by atoms with Gasteiger partial charge in [0.1, 0.15) is 6.04 Å². The van der Waals surface area contributed by atoms with Crippen molar-refractivity contribution in [2.45, 2.75) is 32.0 Å². The molecule has 17 heavy (non-hydrogen) atoms. The van der Waals surface area contributed by atoms with Crippen molar-refractivity contribution in [1.29, 1.82) is 0 Å². The van der Waals surface area contributed by atoms with E-state index in [9.17, 15) is 13.2 Å². The Balaban J connectivity index is 2.68. The third kappa shape index (κ3) is 4.65. The van der Waals surface area contributed by atoms with E-state index < -0.39 is 12.2 Å². The fraction of sp³-hybridized carbons (Fsp3) is 0.500. The summed E-state index contributed by atoms with van der Waals surface area (Å²) in [6.45, 7) is 1.64. The molecule has 2 N–H and O–H groups in total. The van der Waals surface area contributed by atoms with E-state index in [1.165, 1.54) is 0 Å². The van der Waals surface area contributed by atoms with Gasteiger partial charge in [-0.2, -0.15) is 13.2 Å². The van der Waals surface area contributed by atoms with Gasteiger partial charge in [0.15, 0.2) is 0 Å². The SMILES string of the molecule is Cc1ccc(NC(CCCO)C(F)(F)F)cc1. The van der Waals surface area contributed by atoms with E-state index in [1.807, 2.05) is 6.92 Å². The highest BCUT2D eigenvalue weighted by molar-refractivity contribution is 5.45. The van der Waals surface area contributed by atoms with Crippen LogP contribution in [0.15, 0.2) is 24.3 Å². The first-order valence-corrected chi connectivity index (χ1v) is 5.44. The van der Waals surface area contributed by atoms with Gasteiger partial charge in [-0.05, 0) is 31.9 Å². The summed E-state index contributed by atoms with van der Waals surface area (Å²) in [5.41, 5.74) is 1.44. The van der Waals surface area contributed by atoms with Gasteiger partial charge >= 0.3 is 6.18 Å². The number of aliphatic hydroxyl groups excluding tert-OH is 1. The highest BCUT2D eigenvalue weighted by atomic mass is 19.4. The third-order valence-corrected chi connectivity index (χ3v) is 2.44. The van der Waals surface area contributed by atoms with Crippen LogP contribution in [0.5, 0.6) is 0 Å². The van der Waals surface area contributed by atoms with Crippen molar-refractivity contribution in [3.05, 3.63) is 29.8 Å². The maximum atomic E-state index is 12.7. The molecule has 0 amide bonds. The molecule has 0 radical (unpaired) electrons. The maximum absolute atomic E-state index is 12.7. The van der Waals surface area contributed by atoms with E-state index in [-0.39, 0.29) is 19.4 Å². The molecule has 1 aromatic rings. The van der Waals surface area contributed by atoms with E-state index in [0.29, 0.717) is 5.69 Å². The van der Waals surface area contributed by atoms with E-state index in [0.717, 1.165) is 5.56 Å². The average molecular weight is 247 g/mol. The summed E-state index contributed by atoms with van der Waals surface area (Å²) < 4.78 is 38.0. The summed E-state index contributed by atoms with van der Waals surface area (Å²) in [7, 11) is 0.